The molecular formula is C23H24N4O4. The molecule has 1 atom stereocenters. The van der Waals surface area contributed by atoms with Crippen molar-refractivity contribution in [3.63, 3.8) is 0 Å². The van der Waals surface area contributed by atoms with Crippen LogP contribution in [0.4, 0.5) is 16.2 Å². The third-order valence-corrected chi connectivity index (χ3v) is 5.57. The van der Waals surface area contributed by atoms with Gasteiger partial charge in [-0.15, -0.1) is 0 Å². The van der Waals surface area contributed by atoms with E-state index in [9.17, 15) is 19.2 Å². The molecule has 4 rings (SSSR count). The van der Waals surface area contributed by atoms with Gasteiger partial charge in [-0.3, -0.25) is 14.4 Å². The number of fused-ring (bicyclic) bond motifs is 1. The van der Waals surface area contributed by atoms with Crippen molar-refractivity contribution < 1.29 is 19.2 Å². The molecule has 0 spiro atoms. The summed E-state index contributed by atoms with van der Waals surface area (Å²) in [5.41, 5.74) is 3.28. The quantitative estimate of drug-likeness (QED) is 0.726. The minimum Gasteiger partial charge on any atom is -0.338 e. The van der Waals surface area contributed by atoms with Crippen LogP contribution >= 0.6 is 0 Å². The molecular weight excluding hydrogens is 396 g/mol. The summed E-state index contributed by atoms with van der Waals surface area (Å²) in [4.78, 5) is 52.1. The van der Waals surface area contributed by atoms with Crippen molar-refractivity contribution in [2.24, 2.45) is 0 Å². The van der Waals surface area contributed by atoms with Crippen LogP contribution in [0.5, 0.6) is 0 Å². The van der Waals surface area contributed by atoms with Crippen LogP contribution in [0.2, 0.25) is 0 Å². The van der Waals surface area contributed by atoms with Crippen LogP contribution in [0.15, 0.2) is 48.5 Å². The Morgan fingerprint density at radius 2 is 1.87 bits per heavy atom. The maximum absolute atomic E-state index is 12.8. The summed E-state index contributed by atoms with van der Waals surface area (Å²) in [6.45, 7) is 2.61. The maximum atomic E-state index is 12.8. The Morgan fingerprint density at radius 1 is 1.10 bits per heavy atom. The summed E-state index contributed by atoms with van der Waals surface area (Å²) in [5.74, 6) is -0.671. The second kappa shape index (κ2) is 8.59. The Bertz CT molecular complexity index is 1050. The summed E-state index contributed by atoms with van der Waals surface area (Å²) in [6, 6.07) is 13.3. The van der Waals surface area contributed by atoms with E-state index in [1.54, 1.807) is 29.2 Å². The SMILES string of the molecule is CC(=O)Nc1cccc(N2C(=O)N[C@@H](CCC(=O)N3CCc4ccccc4C3)C2=O)c1. The van der Waals surface area contributed by atoms with Crippen molar-refractivity contribution in [3.8, 4) is 0 Å². The number of benzene rings is 2. The Balaban J connectivity index is 1.37. The van der Waals surface area contributed by atoms with Crippen LogP contribution in [0, 0.1) is 0 Å². The number of carbonyl (C=O) groups excluding carboxylic acids is 4. The number of rotatable bonds is 5. The van der Waals surface area contributed by atoms with Crippen molar-refractivity contribution in [1.29, 1.82) is 0 Å². The van der Waals surface area contributed by atoms with E-state index < -0.39 is 18.0 Å². The molecule has 8 nitrogen and oxygen atoms in total. The molecule has 5 amide bonds. The molecule has 2 N–H and O–H groups in total. The highest BCUT2D eigenvalue weighted by atomic mass is 16.2. The summed E-state index contributed by atoms with van der Waals surface area (Å²) < 4.78 is 0. The highest BCUT2D eigenvalue weighted by Crippen LogP contribution is 2.25. The van der Waals surface area contributed by atoms with Gasteiger partial charge in [0.15, 0.2) is 0 Å². The first-order valence-electron chi connectivity index (χ1n) is 10.3. The summed E-state index contributed by atoms with van der Waals surface area (Å²) in [5, 5.41) is 5.30. The van der Waals surface area contributed by atoms with Gasteiger partial charge in [0.25, 0.3) is 5.91 Å². The Kier molecular flexibility index (Phi) is 5.70. The van der Waals surface area contributed by atoms with E-state index in [1.807, 2.05) is 18.2 Å². The van der Waals surface area contributed by atoms with Crippen LogP contribution in [0.1, 0.15) is 30.9 Å². The topological polar surface area (TPSA) is 98.8 Å². The van der Waals surface area contributed by atoms with Gasteiger partial charge in [-0.1, -0.05) is 30.3 Å². The average molecular weight is 420 g/mol. The maximum Gasteiger partial charge on any atom is 0.329 e. The van der Waals surface area contributed by atoms with E-state index in [4.69, 9.17) is 0 Å². The molecule has 2 heterocycles. The molecule has 2 aliphatic heterocycles. The molecule has 0 aliphatic carbocycles. The van der Waals surface area contributed by atoms with Gasteiger partial charge in [0, 0.05) is 32.1 Å². The first kappa shape index (κ1) is 20.6. The van der Waals surface area contributed by atoms with Crippen LogP contribution < -0.4 is 15.5 Å². The number of carbonyl (C=O) groups is 4. The van der Waals surface area contributed by atoms with Crippen molar-refractivity contribution in [1.82, 2.24) is 10.2 Å². The van der Waals surface area contributed by atoms with E-state index in [2.05, 4.69) is 16.7 Å². The zero-order valence-corrected chi connectivity index (χ0v) is 17.3. The monoisotopic (exact) mass is 420 g/mol. The van der Waals surface area contributed by atoms with Gasteiger partial charge in [-0.25, -0.2) is 9.69 Å². The standard InChI is InChI=1S/C23H24N4O4/c1-15(28)24-18-7-4-8-19(13-18)27-22(30)20(25-23(27)31)9-10-21(29)26-12-11-16-5-2-3-6-17(16)14-26/h2-8,13,20H,9-12,14H2,1H3,(H,24,28)(H,25,31)/t20-/m0/s1. The molecule has 160 valence electrons. The Labute approximate surface area is 180 Å². The molecule has 0 bridgehead atoms. The van der Waals surface area contributed by atoms with E-state index >= 15 is 0 Å². The van der Waals surface area contributed by atoms with E-state index in [-0.39, 0.29) is 24.7 Å². The molecule has 0 unspecified atom stereocenters. The lowest BCUT2D eigenvalue weighted by atomic mass is 9.99. The van der Waals surface area contributed by atoms with Crippen molar-refractivity contribution >= 4 is 35.1 Å². The second-order valence-corrected chi connectivity index (χ2v) is 7.78. The minimum absolute atomic E-state index is 0.0253. The fraction of sp³-hybridized carbons (Fsp3) is 0.304. The number of hydrogen-bond donors (Lipinski definition) is 2. The van der Waals surface area contributed by atoms with Gasteiger partial charge >= 0.3 is 6.03 Å². The molecule has 8 heteroatoms. The molecule has 31 heavy (non-hydrogen) atoms. The number of hydrogen-bond acceptors (Lipinski definition) is 4. The predicted molar refractivity (Wildman–Crippen MR) is 115 cm³/mol. The molecule has 0 radical (unpaired) electrons. The summed E-state index contributed by atoms with van der Waals surface area (Å²) in [6.07, 6.45) is 1.24. The average Bonchev–Trinajstić information content (AvgIpc) is 3.04. The normalized spacial score (nSPS) is 17.9. The van der Waals surface area contributed by atoms with E-state index in [0.717, 1.165) is 16.9 Å². The third-order valence-electron chi connectivity index (χ3n) is 5.57. The summed E-state index contributed by atoms with van der Waals surface area (Å²) >= 11 is 0. The fourth-order valence-corrected chi connectivity index (χ4v) is 4.03. The number of anilines is 2. The lowest BCUT2D eigenvalue weighted by Crippen LogP contribution is -2.37. The van der Waals surface area contributed by atoms with Crippen molar-refractivity contribution in [3.05, 3.63) is 59.7 Å². The first-order valence-corrected chi connectivity index (χ1v) is 10.3. The van der Waals surface area contributed by atoms with Gasteiger partial charge in [0.2, 0.25) is 11.8 Å². The zero-order valence-electron chi connectivity index (χ0n) is 17.3. The Hall–Kier alpha value is -3.68. The second-order valence-electron chi connectivity index (χ2n) is 7.78. The van der Waals surface area contributed by atoms with Gasteiger partial charge in [-0.05, 0) is 42.2 Å². The molecule has 0 saturated carbocycles. The number of amides is 5. The van der Waals surface area contributed by atoms with E-state index in [1.165, 1.54) is 12.5 Å². The van der Waals surface area contributed by atoms with Gasteiger partial charge < -0.3 is 15.5 Å². The van der Waals surface area contributed by atoms with Gasteiger partial charge in [0.1, 0.15) is 6.04 Å². The molecule has 2 aromatic carbocycles. The molecule has 1 saturated heterocycles. The van der Waals surface area contributed by atoms with Gasteiger partial charge in [-0.2, -0.15) is 0 Å². The van der Waals surface area contributed by atoms with Crippen molar-refractivity contribution in [2.45, 2.75) is 38.8 Å². The molecule has 2 aliphatic rings. The number of urea groups is 1. The Morgan fingerprint density at radius 3 is 2.65 bits per heavy atom. The van der Waals surface area contributed by atoms with Crippen LogP contribution in [0.25, 0.3) is 0 Å². The third kappa shape index (κ3) is 4.42. The van der Waals surface area contributed by atoms with Crippen LogP contribution in [-0.4, -0.2) is 41.2 Å². The number of nitrogens with zero attached hydrogens (tertiary/aromatic N) is 2. The first-order chi connectivity index (χ1) is 14.9. The van der Waals surface area contributed by atoms with Crippen molar-refractivity contribution in [2.75, 3.05) is 16.8 Å². The molecule has 1 fully saturated rings. The molecule has 2 aromatic rings. The minimum atomic E-state index is -0.752. The lowest BCUT2D eigenvalue weighted by molar-refractivity contribution is -0.132. The highest BCUT2D eigenvalue weighted by Gasteiger charge is 2.39. The zero-order chi connectivity index (χ0) is 22.0. The predicted octanol–water partition coefficient (Wildman–Crippen LogP) is 2.43. The van der Waals surface area contributed by atoms with Crippen LogP contribution in [-0.2, 0) is 27.3 Å². The smallest absolute Gasteiger partial charge is 0.329 e. The molecule has 0 aromatic heterocycles. The highest BCUT2D eigenvalue weighted by molar-refractivity contribution is 6.21. The lowest BCUT2D eigenvalue weighted by Gasteiger charge is -2.29. The fourth-order valence-electron chi connectivity index (χ4n) is 4.03. The van der Waals surface area contributed by atoms with E-state index in [0.29, 0.717) is 24.5 Å². The largest absolute Gasteiger partial charge is 0.338 e. The summed E-state index contributed by atoms with van der Waals surface area (Å²) in [7, 11) is 0. The number of nitrogens with one attached hydrogen (secondary N) is 2. The number of imide groups is 1. The van der Waals surface area contributed by atoms with Gasteiger partial charge in [0.05, 0.1) is 5.69 Å². The van der Waals surface area contributed by atoms with Crippen LogP contribution in [0.3, 0.4) is 0 Å².